The van der Waals surface area contributed by atoms with Gasteiger partial charge in [0.2, 0.25) is 0 Å². The summed E-state index contributed by atoms with van der Waals surface area (Å²) in [6.45, 7) is 0.478. The molecule has 0 saturated heterocycles. The number of nitrogens with two attached hydrogens (primary N) is 1. The number of anilines is 1. The number of H-pyrrole nitrogens is 1. The number of benzene rings is 2. The van der Waals surface area contributed by atoms with E-state index in [2.05, 4.69) is 25.6 Å². The number of aromatic nitrogens is 5. The Morgan fingerprint density at radius 3 is 2.57 bits per heavy atom. The highest BCUT2D eigenvalue weighted by Gasteiger charge is 2.24. The Balaban J connectivity index is 1.83. The minimum Gasteiger partial charge on any atom is -0.493 e. The molecule has 0 saturated carbocycles. The summed E-state index contributed by atoms with van der Waals surface area (Å²) in [5, 5.41) is 23.4. The molecule has 0 bridgehead atoms. The van der Waals surface area contributed by atoms with E-state index in [1.165, 1.54) is 6.20 Å². The van der Waals surface area contributed by atoms with E-state index in [-0.39, 0.29) is 11.7 Å². The molecule has 2 aromatic heterocycles. The summed E-state index contributed by atoms with van der Waals surface area (Å²) < 4.78 is 17.7. The Morgan fingerprint density at radius 2 is 1.95 bits per heavy atom. The van der Waals surface area contributed by atoms with Crippen LogP contribution in [0.2, 0.25) is 0 Å². The lowest BCUT2D eigenvalue weighted by Gasteiger charge is -2.22. The summed E-state index contributed by atoms with van der Waals surface area (Å²) in [4.78, 5) is 15.7. The van der Waals surface area contributed by atoms with Crippen molar-refractivity contribution in [3.05, 3.63) is 87.7 Å². The second kappa shape index (κ2) is 11.4. The van der Waals surface area contributed by atoms with Gasteiger partial charge in [-0.25, -0.2) is 4.79 Å². The van der Waals surface area contributed by atoms with Crippen LogP contribution in [0.4, 0.5) is 5.69 Å². The lowest BCUT2D eigenvalue weighted by Crippen LogP contribution is -2.17. The van der Waals surface area contributed by atoms with Gasteiger partial charge in [-0.3, -0.25) is 10.4 Å². The van der Waals surface area contributed by atoms with Gasteiger partial charge in [-0.2, -0.15) is 9.78 Å². The van der Waals surface area contributed by atoms with E-state index in [0.29, 0.717) is 35.9 Å². The van der Waals surface area contributed by atoms with Gasteiger partial charge in [0, 0.05) is 30.1 Å². The monoisotopic (exact) mass is 504 g/mol. The van der Waals surface area contributed by atoms with Crippen molar-refractivity contribution in [1.82, 2.24) is 25.0 Å². The van der Waals surface area contributed by atoms with Crippen LogP contribution in [0.3, 0.4) is 0 Å². The Hall–Kier alpha value is -4.71. The average molecular weight is 505 g/mol. The summed E-state index contributed by atoms with van der Waals surface area (Å²) in [5.74, 6) is 1.73. The van der Waals surface area contributed by atoms with Gasteiger partial charge in [-0.15, -0.1) is 10.2 Å². The third-order valence-electron chi connectivity index (χ3n) is 5.68. The molecular formula is C25H28N8O4. The topological polar surface area (TPSA) is 166 Å². The molecular weight excluding hydrogens is 476 g/mol. The zero-order chi connectivity index (χ0) is 26.4. The fourth-order valence-electron chi connectivity index (χ4n) is 3.89. The minimum absolute atomic E-state index is 0.0298. The first kappa shape index (κ1) is 25.4. The lowest BCUT2D eigenvalue weighted by molar-refractivity contribution is 0.201. The van der Waals surface area contributed by atoms with Crippen molar-refractivity contribution in [2.45, 2.75) is 12.5 Å². The molecule has 12 heteroatoms. The number of rotatable bonds is 11. The predicted molar refractivity (Wildman–Crippen MR) is 138 cm³/mol. The van der Waals surface area contributed by atoms with E-state index >= 15 is 0 Å². The summed E-state index contributed by atoms with van der Waals surface area (Å²) in [6.07, 6.45) is 2.09. The predicted octanol–water partition coefficient (Wildman–Crippen LogP) is 2.04. The Labute approximate surface area is 212 Å². The molecule has 2 heterocycles. The van der Waals surface area contributed by atoms with Crippen molar-refractivity contribution in [2.75, 3.05) is 33.3 Å². The van der Waals surface area contributed by atoms with Crippen LogP contribution in [0, 0.1) is 5.41 Å². The first-order valence-corrected chi connectivity index (χ1v) is 11.4. The molecule has 0 fully saturated rings. The number of nitrogen functional groups attached to an aromatic ring is 1. The number of amidine groups is 1. The number of ether oxygens (including phenoxy) is 3. The molecule has 0 spiro atoms. The van der Waals surface area contributed by atoms with Crippen molar-refractivity contribution < 1.29 is 14.2 Å². The first-order chi connectivity index (χ1) is 17.9. The van der Waals surface area contributed by atoms with Gasteiger partial charge in [0.05, 0.1) is 20.8 Å². The smallest absolute Gasteiger partial charge is 0.349 e. The van der Waals surface area contributed by atoms with E-state index < -0.39 is 11.7 Å². The van der Waals surface area contributed by atoms with Crippen molar-refractivity contribution in [3.63, 3.8) is 0 Å². The second-order valence-corrected chi connectivity index (χ2v) is 8.04. The first-order valence-electron chi connectivity index (χ1n) is 11.4. The number of hydrogen-bond donors (Lipinski definition) is 4. The van der Waals surface area contributed by atoms with Crippen LogP contribution >= 0.6 is 0 Å². The van der Waals surface area contributed by atoms with E-state index in [4.69, 9.17) is 25.4 Å². The molecule has 37 heavy (non-hydrogen) atoms. The quantitative estimate of drug-likeness (QED) is 0.177. The van der Waals surface area contributed by atoms with E-state index in [9.17, 15) is 4.79 Å². The normalized spacial score (nSPS) is 11.6. The molecule has 4 aromatic rings. The average Bonchev–Trinajstić information content (AvgIpc) is 3.31. The molecule has 192 valence electrons. The fourth-order valence-corrected chi connectivity index (χ4v) is 3.89. The van der Waals surface area contributed by atoms with Crippen LogP contribution in [0.25, 0.3) is 5.82 Å². The molecule has 5 N–H and O–H groups in total. The highest BCUT2D eigenvalue weighted by atomic mass is 16.5. The number of nitrogens with one attached hydrogen (secondary N) is 3. The second-order valence-electron chi connectivity index (χ2n) is 8.04. The third kappa shape index (κ3) is 5.59. The van der Waals surface area contributed by atoms with Crippen molar-refractivity contribution in [3.8, 4) is 17.3 Å². The van der Waals surface area contributed by atoms with Crippen LogP contribution < -0.4 is 26.2 Å². The van der Waals surface area contributed by atoms with Crippen LogP contribution in [0.5, 0.6) is 11.5 Å². The van der Waals surface area contributed by atoms with E-state index in [1.54, 1.807) is 57.7 Å². The summed E-state index contributed by atoms with van der Waals surface area (Å²) in [7, 11) is 4.78. The molecule has 0 aliphatic rings. The maximum atomic E-state index is 12.8. The molecule has 0 radical (unpaired) electrons. The maximum Gasteiger partial charge on any atom is 0.349 e. The molecule has 1 atom stereocenters. The van der Waals surface area contributed by atoms with Gasteiger partial charge < -0.3 is 25.3 Å². The molecule has 2 aromatic carbocycles. The zero-order valence-electron chi connectivity index (χ0n) is 20.7. The highest BCUT2D eigenvalue weighted by molar-refractivity contribution is 5.95. The molecule has 1 unspecified atom stereocenters. The van der Waals surface area contributed by atoms with Crippen LogP contribution in [-0.2, 0) is 11.2 Å². The van der Waals surface area contributed by atoms with E-state index in [1.807, 2.05) is 12.1 Å². The standard InChI is InChI=1S/C25H28N8O4/c1-35-12-10-16-13-17(14-19(36-2)22(16)37-3)21(29-18-8-6-15(7-9-18)23(26)27)24-30-25(34)33(32-24)20-5-4-11-28-31-20/h4-9,11,13-14,21,29H,10,12H2,1-3H3,(H3,26,27)(H,30,32,34). The Bertz CT molecular complexity index is 1420. The Morgan fingerprint density at radius 1 is 1.16 bits per heavy atom. The van der Waals surface area contributed by atoms with Crippen molar-refractivity contribution in [1.29, 1.82) is 5.41 Å². The summed E-state index contributed by atoms with van der Waals surface area (Å²) in [6, 6.07) is 13.6. The van der Waals surface area contributed by atoms with Gasteiger partial charge in [0.1, 0.15) is 11.9 Å². The van der Waals surface area contributed by atoms with Crippen LogP contribution in [-0.4, -0.2) is 58.7 Å². The number of hydrogen-bond acceptors (Lipinski definition) is 9. The number of methoxy groups -OCH3 is 3. The van der Waals surface area contributed by atoms with Crippen molar-refractivity contribution in [2.24, 2.45) is 5.73 Å². The summed E-state index contributed by atoms with van der Waals surface area (Å²) in [5.41, 5.74) is 8.08. The maximum absolute atomic E-state index is 12.8. The molecule has 0 aliphatic carbocycles. The van der Waals surface area contributed by atoms with Gasteiger partial charge in [0.15, 0.2) is 23.1 Å². The molecule has 4 rings (SSSR count). The SMILES string of the molecule is COCCc1cc(C(Nc2ccc(C(=N)N)cc2)c2nn(-c3cccnn3)c(=O)[nH]2)cc(OC)c1OC. The van der Waals surface area contributed by atoms with Crippen LogP contribution in [0.1, 0.15) is 28.6 Å². The molecule has 0 amide bonds. The van der Waals surface area contributed by atoms with Crippen molar-refractivity contribution >= 4 is 11.5 Å². The van der Waals surface area contributed by atoms with Gasteiger partial charge >= 0.3 is 5.69 Å². The molecule has 0 aliphatic heterocycles. The zero-order valence-corrected chi connectivity index (χ0v) is 20.7. The van der Waals surface area contributed by atoms with Gasteiger partial charge in [-0.05, 0) is 60.5 Å². The Kier molecular flexibility index (Phi) is 7.79. The highest BCUT2D eigenvalue weighted by Crippen LogP contribution is 2.37. The number of nitrogens with zero attached hydrogens (tertiary/aromatic N) is 4. The summed E-state index contributed by atoms with van der Waals surface area (Å²) >= 11 is 0. The van der Waals surface area contributed by atoms with Gasteiger partial charge in [-0.1, -0.05) is 0 Å². The van der Waals surface area contributed by atoms with Crippen LogP contribution in [0.15, 0.2) is 59.5 Å². The fraction of sp³-hybridized carbons (Fsp3) is 0.240. The lowest BCUT2D eigenvalue weighted by atomic mass is 9.99. The number of aromatic amines is 1. The molecule has 12 nitrogen and oxygen atoms in total. The largest absolute Gasteiger partial charge is 0.493 e. The van der Waals surface area contributed by atoms with E-state index in [0.717, 1.165) is 21.5 Å². The van der Waals surface area contributed by atoms with Gasteiger partial charge in [0.25, 0.3) is 0 Å². The minimum atomic E-state index is -0.602. The third-order valence-corrected chi connectivity index (χ3v) is 5.68.